The van der Waals surface area contributed by atoms with Crippen molar-refractivity contribution in [3.8, 4) is 45.0 Å². The molecular formula is C73H58N12. The Morgan fingerprint density at radius 3 is 1.08 bits per heavy atom. The van der Waals surface area contributed by atoms with Gasteiger partial charge in [0.2, 0.25) is 0 Å². The van der Waals surface area contributed by atoms with Crippen molar-refractivity contribution in [2.75, 3.05) is 0 Å². The largest absolute Gasteiger partial charge is 0.263 e. The van der Waals surface area contributed by atoms with Crippen molar-refractivity contribution in [3.05, 3.63) is 341 Å². The molecule has 85 heavy (non-hydrogen) atoms. The van der Waals surface area contributed by atoms with E-state index in [4.69, 9.17) is 30.7 Å². The predicted octanol–water partition coefficient (Wildman–Crippen LogP) is 14.4. The van der Waals surface area contributed by atoms with Crippen molar-refractivity contribution in [1.82, 2.24) is 59.8 Å². The van der Waals surface area contributed by atoms with Gasteiger partial charge in [-0.3, -0.25) is 4.68 Å². The fourth-order valence-electron chi connectivity index (χ4n) is 12.5. The van der Waals surface area contributed by atoms with Crippen molar-refractivity contribution in [3.63, 3.8) is 0 Å². The van der Waals surface area contributed by atoms with Crippen LogP contribution in [0, 0.1) is 6.92 Å². The molecule has 0 amide bonds. The first-order valence-corrected chi connectivity index (χ1v) is 28.8. The Labute approximate surface area is 493 Å². The topological polar surface area (TPSA) is 122 Å². The monoisotopic (exact) mass is 1100 g/mol. The summed E-state index contributed by atoms with van der Waals surface area (Å²) in [6, 6.07) is 97.5. The summed E-state index contributed by atoms with van der Waals surface area (Å²) in [5, 5.41) is 33.2. The SMILES string of the molecule is CCc1nc2c(Cc3ccc(-c4ccccc4-c4nnnn4C(c4ccccc4)(c4ccccc4)c4ccccc4)cc3)c(C)n(Cc3ccc(-c4ccccc4-c4nnnn4C(c4ccccc4)(c4ccccc4)c4ccccc4)cc3)n2n1. The number of hydrogen-bond acceptors (Lipinski definition) is 8. The van der Waals surface area contributed by atoms with Crippen LogP contribution in [0.3, 0.4) is 0 Å². The molecule has 0 saturated carbocycles. The Hall–Kier alpha value is -11.0. The molecule has 12 heteroatoms. The van der Waals surface area contributed by atoms with Gasteiger partial charge in [0.25, 0.3) is 0 Å². The second kappa shape index (κ2) is 22.4. The minimum absolute atomic E-state index is 0.595. The highest BCUT2D eigenvalue weighted by molar-refractivity contribution is 5.82. The van der Waals surface area contributed by atoms with Crippen molar-refractivity contribution >= 4 is 5.65 Å². The molecule has 0 unspecified atom stereocenters. The molecule has 410 valence electrons. The van der Waals surface area contributed by atoms with Gasteiger partial charge in [-0.2, -0.15) is 4.63 Å². The Balaban J connectivity index is 0.773. The first-order chi connectivity index (χ1) is 42.0. The summed E-state index contributed by atoms with van der Waals surface area (Å²) in [6.07, 6.45) is 1.40. The average molecular weight is 1100 g/mol. The second-order valence-corrected chi connectivity index (χ2v) is 21.3. The molecule has 12 nitrogen and oxygen atoms in total. The molecule has 0 spiro atoms. The first kappa shape index (κ1) is 52.1. The van der Waals surface area contributed by atoms with E-state index in [1.54, 1.807) is 0 Å². The number of hydrogen-bond donors (Lipinski definition) is 0. The van der Waals surface area contributed by atoms with Crippen LogP contribution < -0.4 is 0 Å². The molecule has 0 aliphatic rings. The summed E-state index contributed by atoms with van der Waals surface area (Å²) in [4.78, 5) is 5.11. The molecular weight excluding hydrogens is 1040 g/mol. The quantitative estimate of drug-likeness (QED) is 0.0826. The fourth-order valence-corrected chi connectivity index (χ4v) is 12.5. The normalized spacial score (nSPS) is 11.8. The summed E-state index contributed by atoms with van der Waals surface area (Å²) >= 11 is 0. The minimum atomic E-state index is -0.889. The van der Waals surface area contributed by atoms with Crippen molar-refractivity contribution < 1.29 is 0 Å². The highest BCUT2D eigenvalue weighted by Crippen LogP contribution is 2.46. The van der Waals surface area contributed by atoms with Crippen LogP contribution in [0.15, 0.2) is 279 Å². The van der Waals surface area contributed by atoms with Gasteiger partial charge in [0, 0.05) is 35.2 Å². The number of fused-ring (bicyclic) bond motifs is 1. The molecule has 0 fully saturated rings. The maximum atomic E-state index is 5.11. The van der Waals surface area contributed by atoms with Gasteiger partial charge in [-0.25, -0.2) is 14.3 Å². The van der Waals surface area contributed by atoms with Gasteiger partial charge in [-0.05, 0) is 94.5 Å². The summed E-state index contributed by atoms with van der Waals surface area (Å²) < 4.78 is 8.25. The Morgan fingerprint density at radius 1 is 0.376 bits per heavy atom. The molecule has 14 aromatic rings. The molecule has 0 atom stereocenters. The molecule has 4 heterocycles. The lowest BCUT2D eigenvalue weighted by Crippen LogP contribution is -2.39. The zero-order valence-corrected chi connectivity index (χ0v) is 47.0. The maximum Gasteiger partial charge on any atom is 0.184 e. The minimum Gasteiger partial charge on any atom is -0.263 e. The third-order valence-electron chi connectivity index (χ3n) is 16.6. The molecule has 0 N–H and O–H groups in total. The van der Waals surface area contributed by atoms with Crippen molar-refractivity contribution in [1.29, 1.82) is 0 Å². The van der Waals surface area contributed by atoms with Crippen LogP contribution in [0.4, 0.5) is 0 Å². The summed E-state index contributed by atoms with van der Waals surface area (Å²) in [7, 11) is 0. The van der Waals surface area contributed by atoms with Gasteiger partial charge in [0.1, 0.15) is 11.1 Å². The van der Waals surface area contributed by atoms with Gasteiger partial charge < -0.3 is 0 Å². The Morgan fingerprint density at radius 2 is 0.718 bits per heavy atom. The van der Waals surface area contributed by atoms with E-state index < -0.39 is 11.1 Å². The van der Waals surface area contributed by atoms with Gasteiger partial charge in [0.15, 0.2) is 23.1 Å². The molecule has 10 aromatic carbocycles. The van der Waals surface area contributed by atoms with E-state index >= 15 is 0 Å². The van der Waals surface area contributed by atoms with Gasteiger partial charge in [-0.1, -0.05) is 286 Å². The Bertz CT molecular complexity index is 4070. The smallest absolute Gasteiger partial charge is 0.184 e. The lowest BCUT2D eigenvalue weighted by atomic mass is 9.77. The second-order valence-electron chi connectivity index (χ2n) is 21.3. The summed E-state index contributed by atoms with van der Waals surface area (Å²) in [6.45, 7) is 4.88. The molecule has 0 bridgehead atoms. The van der Waals surface area contributed by atoms with E-state index in [1.165, 1.54) is 0 Å². The number of rotatable bonds is 17. The van der Waals surface area contributed by atoms with Crippen LogP contribution in [-0.4, -0.2) is 59.8 Å². The van der Waals surface area contributed by atoms with Crippen LogP contribution >= 0.6 is 0 Å². The van der Waals surface area contributed by atoms with Gasteiger partial charge >= 0.3 is 0 Å². The summed E-state index contributed by atoms with van der Waals surface area (Å²) in [5.74, 6) is 2.11. The van der Waals surface area contributed by atoms with E-state index in [2.05, 4.69) is 272 Å². The number of benzene rings is 10. The number of aromatic nitrogens is 12. The third-order valence-corrected chi connectivity index (χ3v) is 16.6. The van der Waals surface area contributed by atoms with Crippen molar-refractivity contribution in [2.45, 2.75) is 44.3 Å². The van der Waals surface area contributed by atoms with Gasteiger partial charge in [-0.15, -0.1) is 15.3 Å². The number of aryl methyl sites for hydroxylation is 1. The van der Waals surface area contributed by atoms with Crippen LogP contribution in [0.25, 0.3) is 50.7 Å². The highest BCUT2D eigenvalue weighted by Gasteiger charge is 2.44. The molecule has 0 aliphatic heterocycles. The van der Waals surface area contributed by atoms with Crippen LogP contribution in [0.5, 0.6) is 0 Å². The van der Waals surface area contributed by atoms with E-state index in [-0.39, 0.29) is 0 Å². The molecule has 0 saturated heterocycles. The third kappa shape index (κ3) is 9.11. The fraction of sp³-hybridized carbons (Fsp3) is 0.0959. The molecule has 0 radical (unpaired) electrons. The van der Waals surface area contributed by atoms with Gasteiger partial charge in [0.05, 0.1) is 6.54 Å². The summed E-state index contributed by atoms with van der Waals surface area (Å²) in [5.41, 5.74) is 15.9. The first-order valence-electron chi connectivity index (χ1n) is 28.8. The van der Waals surface area contributed by atoms with E-state index in [1.807, 2.05) is 50.4 Å². The zero-order chi connectivity index (χ0) is 57.2. The maximum absolute atomic E-state index is 5.11. The zero-order valence-electron chi connectivity index (χ0n) is 47.0. The van der Waals surface area contributed by atoms with Crippen LogP contribution in [-0.2, 0) is 30.5 Å². The lowest BCUT2D eigenvalue weighted by molar-refractivity contribution is 0.451. The lowest BCUT2D eigenvalue weighted by Gasteiger charge is -2.36. The number of tetrazole rings is 2. The molecule has 14 rings (SSSR count). The standard InChI is InChI=1S/C73H58N12/c1-3-68-74-69-67(50-53-42-46-55(47-43-53)63-38-22-24-40-65(63)70-75-78-80-83(70)72(57-26-10-4-11-27-57,58-28-12-5-13-29-58)59-30-14-6-15-31-59)52(2)82(85(69)77-68)51-54-44-48-56(49-45-54)64-39-23-25-41-66(64)71-76-79-81-84(71)73(60-32-16-7-17-33-60,61-34-18-8-19-35-61)62-36-20-9-21-37-62/h4-49H,3,50-51H2,1-2H3. The van der Waals surface area contributed by atoms with Crippen LogP contribution in [0.2, 0.25) is 0 Å². The molecule has 4 aromatic heterocycles. The predicted molar refractivity (Wildman–Crippen MR) is 334 cm³/mol. The van der Waals surface area contributed by atoms with E-state index in [0.717, 1.165) is 107 Å². The Kier molecular flexibility index (Phi) is 13.7. The van der Waals surface area contributed by atoms with E-state index in [9.17, 15) is 0 Å². The van der Waals surface area contributed by atoms with Crippen LogP contribution in [0.1, 0.15) is 68.5 Å². The van der Waals surface area contributed by atoms with Crippen molar-refractivity contribution in [2.24, 2.45) is 0 Å². The van der Waals surface area contributed by atoms with E-state index in [0.29, 0.717) is 24.6 Å². The molecule has 0 aliphatic carbocycles. The number of nitrogens with zero attached hydrogens (tertiary/aromatic N) is 12. The highest BCUT2D eigenvalue weighted by atomic mass is 15.6. The average Bonchev–Trinajstić information content (AvgIpc) is 2.09.